The average molecular weight is 423 g/mol. The van der Waals surface area contributed by atoms with E-state index in [4.69, 9.17) is 4.74 Å². The van der Waals surface area contributed by atoms with Crippen molar-refractivity contribution in [1.82, 2.24) is 35.2 Å². The van der Waals surface area contributed by atoms with Crippen molar-refractivity contribution in [2.45, 2.75) is 52.4 Å². The quantitative estimate of drug-likeness (QED) is 0.466. The van der Waals surface area contributed by atoms with E-state index in [0.29, 0.717) is 13.2 Å². The summed E-state index contributed by atoms with van der Waals surface area (Å²) >= 11 is 0. The number of para-hydroxylation sites is 1. The van der Waals surface area contributed by atoms with Crippen LogP contribution in [0.2, 0.25) is 0 Å². The van der Waals surface area contributed by atoms with Crippen molar-refractivity contribution in [2.24, 2.45) is 4.99 Å². The molecule has 4 rings (SSSR count). The number of ether oxygens (including phenoxy) is 1. The van der Waals surface area contributed by atoms with Gasteiger partial charge in [-0.25, -0.2) is 14.3 Å². The normalized spacial score (nSPS) is 16.3. The fourth-order valence-electron chi connectivity index (χ4n) is 3.98. The molecule has 9 heteroatoms. The van der Waals surface area contributed by atoms with Gasteiger partial charge in [-0.15, -0.1) is 0 Å². The van der Waals surface area contributed by atoms with Crippen LogP contribution in [-0.4, -0.2) is 50.7 Å². The molecule has 0 fully saturated rings. The Morgan fingerprint density at radius 1 is 1.26 bits per heavy atom. The third-order valence-corrected chi connectivity index (χ3v) is 5.42. The van der Waals surface area contributed by atoms with Gasteiger partial charge in [-0.3, -0.25) is 4.99 Å². The van der Waals surface area contributed by atoms with Crippen molar-refractivity contribution < 1.29 is 4.74 Å². The highest BCUT2D eigenvalue weighted by Gasteiger charge is 2.22. The summed E-state index contributed by atoms with van der Waals surface area (Å²) in [5.74, 6) is 2.53. The first-order valence-electron chi connectivity index (χ1n) is 10.6. The third kappa shape index (κ3) is 4.77. The summed E-state index contributed by atoms with van der Waals surface area (Å²) in [6.45, 7) is 5.93. The van der Waals surface area contributed by atoms with Gasteiger partial charge in [-0.05, 0) is 38.0 Å². The smallest absolute Gasteiger partial charge is 0.191 e. The molecule has 0 bridgehead atoms. The van der Waals surface area contributed by atoms with Crippen LogP contribution in [0, 0.1) is 13.8 Å². The van der Waals surface area contributed by atoms with Crippen molar-refractivity contribution in [3.8, 4) is 5.69 Å². The molecule has 9 nitrogen and oxygen atoms in total. The van der Waals surface area contributed by atoms with Gasteiger partial charge < -0.3 is 15.4 Å². The number of aryl methyl sites for hydroxylation is 3. The minimum absolute atomic E-state index is 0.238. The van der Waals surface area contributed by atoms with Crippen LogP contribution < -0.4 is 10.6 Å². The van der Waals surface area contributed by atoms with Gasteiger partial charge in [-0.2, -0.15) is 10.2 Å². The molecule has 0 saturated carbocycles. The maximum atomic E-state index is 5.15. The van der Waals surface area contributed by atoms with Crippen LogP contribution >= 0.6 is 0 Å². The van der Waals surface area contributed by atoms with E-state index in [-0.39, 0.29) is 6.04 Å². The molecule has 1 atom stereocenters. The van der Waals surface area contributed by atoms with Gasteiger partial charge in [0.05, 0.1) is 17.9 Å². The summed E-state index contributed by atoms with van der Waals surface area (Å²) in [5, 5.41) is 16.2. The maximum absolute atomic E-state index is 5.15. The monoisotopic (exact) mass is 422 g/mol. The molecule has 2 aromatic heterocycles. The molecule has 0 aliphatic carbocycles. The van der Waals surface area contributed by atoms with Gasteiger partial charge >= 0.3 is 0 Å². The minimum Gasteiger partial charge on any atom is -0.377 e. The van der Waals surface area contributed by atoms with Gasteiger partial charge in [0.15, 0.2) is 11.8 Å². The Bertz CT molecular complexity index is 1070. The molecule has 1 aliphatic rings. The zero-order valence-corrected chi connectivity index (χ0v) is 18.6. The molecule has 0 spiro atoms. The predicted molar refractivity (Wildman–Crippen MR) is 119 cm³/mol. The van der Waals surface area contributed by atoms with Crippen molar-refractivity contribution in [1.29, 1.82) is 0 Å². The second-order valence-electron chi connectivity index (χ2n) is 7.83. The van der Waals surface area contributed by atoms with Gasteiger partial charge in [0, 0.05) is 38.9 Å². The summed E-state index contributed by atoms with van der Waals surface area (Å²) < 4.78 is 9.12. The van der Waals surface area contributed by atoms with E-state index in [2.05, 4.69) is 55.9 Å². The number of benzene rings is 1. The molecule has 2 N–H and O–H groups in total. The zero-order valence-electron chi connectivity index (χ0n) is 18.6. The van der Waals surface area contributed by atoms with Gasteiger partial charge in [0.2, 0.25) is 0 Å². The van der Waals surface area contributed by atoms with E-state index in [1.54, 1.807) is 14.2 Å². The lowest BCUT2D eigenvalue weighted by atomic mass is 10.1. The number of hydrogen-bond acceptors (Lipinski definition) is 5. The van der Waals surface area contributed by atoms with E-state index in [1.807, 2.05) is 28.4 Å². The van der Waals surface area contributed by atoms with E-state index in [0.717, 1.165) is 59.6 Å². The van der Waals surface area contributed by atoms with E-state index in [1.165, 1.54) is 0 Å². The summed E-state index contributed by atoms with van der Waals surface area (Å²) in [4.78, 5) is 8.96. The van der Waals surface area contributed by atoms with Crippen LogP contribution in [0.1, 0.15) is 35.0 Å². The minimum atomic E-state index is 0.238. The lowest BCUT2D eigenvalue weighted by molar-refractivity contribution is 0.177. The van der Waals surface area contributed by atoms with E-state index in [9.17, 15) is 0 Å². The topological polar surface area (TPSA) is 94.2 Å². The van der Waals surface area contributed by atoms with Crippen LogP contribution in [-0.2, 0) is 30.9 Å². The lowest BCUT2D eigenvalue weighted by Gasteiger charge is -2.25. The summed E-state index contributed by atoms with van der Waals surface area (Å²) in [6, 6.07) is 10.6. The van der Waals surface area contributed by atoms with Crippen molar-refractivity contribution in [2.75, 3.05) is 14.2 Å². The number of methoxy groups -OCH3 is 1. The Hall–Kier alpha value is -3.20. The highest BCUT2D eigenvalue weighted by molar-refractivity contribution is 5.80. The largest absolute Gasteiger partial charge is 0.377 e. The molecule has 31 heavy (non-hydrogen) atoms. The molecule has 1 aliphatic heterocycles. The first kappa shape index (κ1) is 21.0. The maximum Gasteiger partial charge on any atom is 0.191 e. The van der Waals surface area contributed by atoms with Crippen LogP contribution in [0.3, 0.4) is 0 Å². The second kappa shape index (κ2) is 9.30. The Balaban J connectivity index is 1.40. The number of fused-ring (bicyclic) bond motifs is 1. The number of rotatable bonds is 6. The molecule has 164 valence electrons. The Kier molecular flexibility index (Phi) is 6.31. The number of nitrogens with one attached hydrogen (secondary N) is 2. The fraction of sp³-hybridized carbons (Fsp3) is 0.455. The van der Waals surface area contributed by atoms with Gasteiger partial charge in [0.1, 0.15) is 12.4 Å². The molecule has 3 heterocycles. The second-order valence-corrected chi connectivity index (χ2v) is 7.83. The zero-order chi connectivity index (χ0) is 21.8. The van der Waals surface area contributed by atoms with Crippen molar-refractivity contribution in [3.05, 3.63) is 58.9 Å². The third-order valence-electron chi connectivity index (χ3n) is 5.42. The van der Waals surface area contributed by atoms with E-state index >= 15 is 0 Å². The number of guanidine groups is 1. The Morgan fingerprint density at radius 2 is 2.10 bits per heavy atom. The highest BCUT2D eigenvalue weighted by atomic mass is 16.5. The summed E-state index contributed by atoms with van der Waals surface area (Å²) in [5.41, 5.74) is 4.36. The van der Waals surface area contributed by atoms with E-state index < -0.39 is 0 Å². The van der Waals surface area contributed by atoms with Crippen molar-refractivity contribution >= 4 is 5.96 Å². The van der Waals surface area contributed by atoms with Crippen LogP contribution in [0.15, 0.2) is 35.3 Å². The molecular weight excluding hydrogens is 392 g/mol. The Labute approximate surface area is 182 Å². The standard InChI is InChI=1S/C22H30N8O/c1-15-11-16(2)30(27-15)19-8-6-5-7-17(19)12-24-22(23-3)25-18-9-10-21-26-20(14-31-4)28-29(21)13-18/h5-8,11,18H,9-10,12-14H2,1-4H3,(H2,23,24,25). The van der Waals surface area contributed by atoms with Crippen LogP contribution in [0.4, 0.5) is 0 Å². The van der Waals surface area contributed by atoms with Crippen molar-refractivity contribution in [3.63, 3.8) is 0 Å². The fourth-order valence-corrected chi connectivity index (χ4v) is 3.98. The van der Waals surface area contributed by atoms with Crippen LogP contribution in [0.25, 0.3) is 5.69 Å². The molecule has 0 saturated heterocycles. The van der Waals surface area contributed by atoms with Gasteiger partial charge in [0.25, 0.3) is 0 Å². The first-order valence-corrected chi connectivity index (χ1v) is 10.6. The first-order chi connectivity index (χ1) is 15.1. The molecular formula is C22H30N8O. The molecule has 0 amide bonds. The predicted octanol–water partition coefficient (Wildman–Crippen LogP) is 1.91. The number of nitrogens with zero attached hydrogens (tertiary/aromatic N) is 6. The van der Waals surface area contributed by atoms with Crippen LogP contribution in [0.5, 0.6) is 0 Å². The number of aromatic nitrogens is 5. The number of hydrogen-bond donors (Lipinski definition) is 2. The molecule has 1 unspecified atom stereocenters. The molecule has 1 aromatic carbocycles. The molecule has 3 aromatic rings. The SMILES string of the molecule is CN=C(NCc1ccccc1-n1nc(C)cc1C)NC1CCc2nc(COC)nn2C1. The van der Waals surface area contributed by atoms with Gasteiger partial charge in [-0.1, -0.05) is 18.2 Å². The molecule has 0 radical (unpaired) electrons. The number of aliphatic imine (C=N–C) groups is 1. The summed E-state index contributed by atoms with van der Waals surface area (Å²) in [6.07, 6.45) is 1.86. The Morgan fingerprint density at radius 3 is 2.84 bits per heavy atom. The lowest BCUT2D eigenvalue weighted by Crippen LogP contribution is -2.46. The average Bonchev–Trinajstić information content (AvgIpc) is 3.32. The highest BCUT2D eigenvalue weighted by Crippen LogP contribution is 2.17. The summed E-state index contributed by atoms with van der Waals surface area (Å²) in [7, 11) is 3.45.